The van der Waals surface area contributed by atoms with Crippen LogP contribution in [0.4, 0.5) is 5.69 Å². The number of nitrogens with zero attached hydrogens (tertiary/aromatic N) is 4. The fraction of sp³-hybridized carbons (Fsp3) is 0.286. The van der Waals surface area contributed by atoms with Crippen molar-refractivity contribution in [1.29, 1.82) is 0 Å². The number of imidazole rings is 1. The van der Waals surface area contributed by atoms with Crippen molar-refractivity contribution in [1.82, 2.24) is 19.3 Å². The Labute approximate surface area is 111 Å². The van der Waals surface area contributed by atoms with Gasteiger partial charge in [-0.1, -0.05) is 19.1 Å². The van der Waals surface area contributed by atoms with Gasteiger partial charge in [0.1, 0.15) is 5.82 Å². The zero-order valence-electron chi connectivity index (χ0n) is 11.0. The topological polar surface area (TPSA) is 61.7 Å². The zero-order chi connectivity index (χ0) is 13.2. The van der Waals surface area contributed by atoms with E-state index < -0.39 is 0 Å². The molecule has 5 heteroatoms. The van der Waals surface area contributed by atoms with Crippen LogP contribution in [0.25, 0.3) is 11.0 Å². The van der Waals surface area contributed by atoms with Gasteiger partial charge in [0.2, 0.25) is 0 Å². The molecule has 0 saturated carbocycles. The number of para-hydroxylation sites is 2. The number of benzene rings is 1. The third-order valence-corrected chi connectivity index (χ3v) is 3.26. The first kappa shape index (κ1) is 11.8. The van der Waals surface area contributed by atoms with Gasteiger partial charge in [-0.2, -0.15) is 5.10 Å². The number of aryl methyl sites for hydroxylation is 3. The average molecular weight is 255 g/mol. The van der Waals surface area contributed by atoms with Crippen LogP contribution in [0.5, 0.6) is 0 Å². The van der Waals surface area contributed by atoms with Crippen LogP contribution in [0, 0.1) is 0 Å². The fourth-order valence-electron chi connectivity index (χ4n) is 2.35. The number of anilines is 1. The first-order valence-electron chi connectivity index (χ1n) is 6.50. The Morgan fingerprint density at radius 1 is 1.21 bits per heavy atom. The number of aromatic nitrogens is 4. The van der Waals surface area contributed by atoms with Gasteiger partial charge in [0.25, 0.3) is 0 Å². The summed E-state index contributed by atoms with van der Waals surface area (Å²) in [6, 6.07) is 8.23. The summed E-state index contributed by atoms with van der Waals surface area (Å²) in [5, 5.41) is 4.21. The van der Waals surface area contributed by atoms with Gasteiger partial charge < -0.3 is 10.3 Å². The molecule has 0 radical (unpaired) electrons. The second-order valence-corrected chi connectivity index (χ2v) is 4.56. The molecule has 98 valence electrons. The largest absolute Gasteiger partial charge is 0.396 e. The SMILES string of the molecule is CCc1nc2ccccc2n1CCn1cc(N)cn1. The van der Waals surface area contributed by atoms with Crippen molar-refractivity contribution in [2.24, 2.45) is 0 Å². The second-order valence-electron chi connectivity index (χ2n) is 4.56. The summed E-state index contributed by atoms with van der Waals surface area (Å²) < 4.78 is 4.12. The molecule has 2 heterocycles. The van der Waals surface area contributed by atoms with E-state index in [-0.39, 0.29) is 0 Å². The van der Waals surface area contributed by atoms with Gasteiger partial charge in [0.05, 0.1) is 29.5 Å². The predicted octanol–water partition coefficient (Wildman–Crippen LogP) is 2.08. The average Bonchev–Trinajstić information content (AvgIpc) is 2.99. The molecule has 3 rings (SSSR count). The van der Waals surface area contributed by atoms with Crippen molar-refractivity contribution in [3.8, 4) is 0 Å². The number of fused-ring (bicyclic) bond motifs is 1. The van der Waals surface area contributed by atoms with Gasteiger partial charge in [-0.3, -0.25) is 4.68 Å². The molecule has 0 saturated heterocycles. The van der Waals surface area contributed by atoms with E-state index in [2.05, 4.69) is 33.7 Å². The van der Waals surface area contributed by atoms with E-state index in [1.807, 2.05) is 23.0 Å². The molecular weight excluding hydrogens is 238 g/mol. The van der Waals surface area contributed by atoms with Gasteiger partial charge in [0, 0.05) is 19.2 Å². The standard InChI is InChI=1S/C14H17N5/c1-2-14-17-12-5-3-4-6-13(12)19(14)8-7-18-10-11(15)9-16-18/h3-6,9-10H,2,7-8,15H2,1H3. The first-order chi connectivity index (χ1) is 9.28. The molecule has 0 aliphatic heterocycles. The number of nitrogens with two attached hydrogens (primary N) is 1. The van der Waals surface area contributed by atoms with E-state index in [4.69, 9.17) is 5.73 Å². The van der Waals surface area contributed by atoms with Crippen molar-refractivity contribution < 1.29 is 0 Å². The van der Waals surface area contributed by atoms with Crippen molar-refractivity contribution in [3.05, 3.63) is 42.5 Å². The Balaban J connectivity index is 1.90. The van der Waals surface area contributed by atoms with Crippen molar-refractivity contribution >= 4 is 16.7 Å². The molecule has 0 spiro atoms. The molecular formula is C14H17N5. The molecule has 1 aromatic carbocycles. The Morgan fingerprint density at radius 2 is 2.05 bits per heavy atom. The molecule has 0 unspecified atom stereocenters. The molecule has 3 aromatic rings. The number of hydrogen-bond donors (Lipinski definition) is 1. The highest BCUT2D eigenvalue weighted by atomic mass is 15.3. The molecule has 0 amide bonds. The third-order valence-electron chi connectivity index (χ3n) is 3.26. The van der Waals surface area contributed by atoms with Crippen LogP contribution in [-0.2, 0) is 19.5 Å². The van der Waals surface area contributed by atoms with Gasteiger partial charge in [-0.25, -0.2) is 4.98 Å². The summed E-state index contributed by atoms with van der Waals surface area (Å²) in [6.07, 6.45) is 4.45. The van der Waals surface area contributed by atoms with Crippen molar-refractivity contribution in [3.63, 3.8) is 0 Å². The van der Waals surface area contributed by atoms with Crippen molar-refractivity contribution in [2.75, 3.05) is 5.73 Å². The molecule has 0 aliphatic rings. The maximum Gasteiger partial charge on any atom is 0.109 e. The zero-order valence-corrected chi connectivity index (χ0v) is 11.0. The normalized spacial score (nSPS) is 11.2. The number of nitrogen functional groups attached to an aromatic ring is 1. The lowest BCUT2D eigenvalue weighted by Gasteiger charge is -2.08. The van der Waals surface area contributed by atoms with Crippen LogP contribution in [0.15, 0.2) is 36.7 Å². The summed E-state index contributed by atoms with van der Waals surface area (Å²) in [6.45, 7) is 3.78. The van der Waals surface area contributed by atoms with Gasteiger partial charge in [0.15, 0.2) is 0 Å². The quantitative estimate of drug-likeness (QED) is 0.776. The highest BCUT2D eigenvalue weighted by molar-refractivity contribution is 5.75. The molecule has 0 atom stereocenters. The van der Waals surface area contributed by atoms with E-state index in [1.54, 1.807) is 6.20 Å². The first-order valence-corrected chi connectivity index (χ1v) is 6.50. The van der Waals surface area contributed by atoms with E-state index in [9.17, 15) is 0 Å². The van der Waals surface area contributed by atoms with Crippen LogP contribution in [-0.4, -0.2) is 19.3 Å². The monoisotopic (exact) mass is 255 g/mol. The molecule has 19 heavy (non-hydrogen) atoms. The Morgan fingerprint density at radius 3 is 2.79 bits per heavy atom. The minimum atomic E-state index is 0.700. The lowest BCUT2D eigenvalue weighted by molar-refractivity contribution is 0.530. The summed E-state index contributed by atoms with van der Waals surface area (Å²) >= 11 is 0. The van der Waals surface area contributed by atoms with Crippen LogP contribution in [0.3, 0.4) is 0 Å². The lowest BCUT2D eigenvalue weighted by Crippen LogP contribution is -2.10. The van der Waals surface area contributed by atoms with Gasteiger partial charge in [-0.05, 0) is 12.1 Å². The maximum absolute atomic E-state index is 5.67. The van der Waals surface area contributed by atoms with Crippen LogP contribution >= 0.6 is 0 Å². The minimum absolute atomic E-state index is 0.700. The van der Waals surface area contributed by atoms with E-state index in [0.29, 0.717) is 5.69 Å². The number of rotatable bonds is 4. The van der Waals surface area contributed by atoms with Crippen LogP contribution < -0.4 is 5.73 Å². The summed E-state index contributed by atoms with van der Waals surface area (Å²) in [4.78, 5) is 4.66. The summed E-state index contributed by atoms with van der Waals surface area (Å²) in [7, 11) is 0. The highest BCUT2D eigenvalue weighted by Crippen LogP contribution is 2.16. The highest BCUT2D eigenvalue weighted by Gasteiger charge is 2.08. The molecule has 5 nitrogen and oxygen atoms in total. The Kier molecular flexibility index (Phi) is 2.95. The fourth-order valence-corrected chi connectivity index (χ4v) is 2.35. The smallest absolute Gasteiger partial charge is 0.109 e. The lowest BCUT2D eigenvalue weighted by atomic mass is 10.3. The van der Waals surface area contributed by atoms with Crippen LogP contribution in [0.1, 0.15) is 12.7 Å². The summed E-state index contributed by atoms with van der Waals surface area (Å²) in [5.74, 6) is 1.11. The molecule has 0 aliphatic carbocycles. The molecule has 2 N–H and O–H groups in total. The summed E-state index contributed by atoms with van der Waals surface area (Å²) in [5.41, 5.74) is 8.61. The second kappa shape index (κ2) is 4.76. The number of hydrogen-bond acceptors (Lipinski definition) is 3. The Hall–Kier alpha value is -2.30. The Bertz CT molecular complexity index is 695. The maximum atomic E-state index is 5.67. The van der Waals surface area contributed by atoms with E-state index >= 15 is 0 Å². The van der Waals surface area contributed by atoms with E-state index in [1.165, 1.54) is 5.52 Å². The van der Waals surface area contributed by atoms with Gasteiger partial charge in [-0.15, -0.1) is 0 Å². The van der Waals surface area contributed by atoms with Crippen LogP contribution in [0.2, 0.25) is 0 Å². The van der Waals surface area contributed by atoms with Gasteiger partial charge >= 0.3 is 0 Å². The minimum Gasteiger partial charge on any atom is -0.396 e. The molecule has 0 bridgehead atoms. The predicted molar refractivity (Wildman–Crippen MR) is 75.8 cm³/mol. The third kappa shape index (κ3) is 2.19. The molecule has 2 aromatic heterocycles. The van der Waals surface area contributed by atoms with Crippen molar-refractivity contribution in [2.45, 2.75) is 26.4 Å². The molecule has 0 fully saturated rings. The van der Waals surface area contributed by atoms with E-state index in [0.717, 1.165) is 30.9 Å².